The van der Waals surface area contributed by atoms with Crippen LogP contribution in [-0.2, 0) is 4.79 Å². The van der Waals surface area contributed by atoms with Crippen LogP contribution in [-0.4, -0.2) is 31.6 Å². The van der Waals surface area contributed by atoms with Crippen molar-refractivity contribution in [2.75, 3.05) is 29.9 Å². The number of anilines is 2. The molecule has 1 fully saturated rings. The summed E-state index contributed by atoms with van der Waals surface area (Å²) < 4.78 is 5.51. The molecule has 1 aliphatic rings. The Balaban J connectivity index is 1.52. The number of hydrogen-bond acceptors (Lipinski definition) is 3. The number of carbonyl (C=O) groups excluding carboxylic acids is 2. The van der Waals surface area contributed by atoms with E-state index in [2.05, 4.69) is 10.6 Å². The lowest BCUT2D eigenvalue weighted by molar-refractivity contribution is -0.117. The lowest BCUT2D eigenvalue weighted by Crippen LogP contribution is -2.34. The SMILES string of the molecule is CCOc1ccccc1NC(=O)NC[C@H]1CC(=O)N(c2ccc(C)cc2)C1. The molecule has 0 spiro atoms. The van der Waals surface area contributed by atoms with E-state index in [1.807, 2.05) is 56.3 Å². The van der Waals surface area contributed by atoms with Crippen LogP contribution in [0.15, 0.2) is 48.5 Å². The van der Waals surface area contributed by atoms with Gasteiger partial charge < -0.3 is 20.3 Å². The summed E-state index contributed by atoms with van der Waals surface area (Å²) in [6, 6.07) is 14.9. The lowest BCUT2D eigenvalue weighted by Gasteiger charge is -2.17. The first-order chi connectivity index (χ1) is 13.1. The second kappa shape index (κ2) is 8.58. The van der Waals surface area contributed by atoms with Crippen LogP contribution < -0.4 is 20.3 Å². The maximum atomic E-state index is 12.3. The van der Waals surface area contributed by atoms with Crippen molar-refractivity contribution in [3.05, 3.63) is 54.1 Å². The molecule has 1 saturated heterocycles. The number of rotatable bonds is 6. The van der Waals surface area contributed by atoms with E-state index in [0.717, 1.165) is 11.3 Å². The maximum absolute atomic E-state index is 12.3. The molecule has 3 rings (SSSR count). The molecule has 1 heterocycles. The summed E-state index contributed by atoms with van der Waals surface area (Å²) in [5.74, 6) is 0.816. The molecule has 2 aromatic carbocycles. The van der Waals surface area contributed by atoms with Crippen molar-refractivity contribution >= 4 is 23.3 Å². The van der Waals surface area contributed by atoms with E-state index < -0.39 is 0 Å². The Kier molecular flexibility index (Phi) is 5.96. The van der Waals surface area contributed by atoms with E-state index in [-0.39, 0.29) is 17.9 Å². The van der Waals surface area contributed by atoms with Gasteiger partial charge in [-0.2, -0.15) is 0 Å². The normalized spacial score (nSPS) is 16.3. The molecule has 0 aliphatic carbocycles. The van der Waals surface area contributed by atoms with Gasteiger partial charge in [0.2, 0.25) is 5.91 Å². The Morgan fingerprint density at radius 2 is 1.93 bits per heavy atom. The minimum absolute atomic E-state index is 0.0895. The van der Waals surface area contributed by atoms with Gasteiger partial charge in [-0.25, -0.2) is 4.79 Å². The highest BCUT2D eigenvalue weighted by Gasteiger charge is 2.30. The van der Waals surface area contributed by atoms with Crippen molar-refractivity contribution < 1.29 is 14.3 Å². The highest BCUT2D eigenvalue weighted by atomic mass is 16.5. The zero-order chi connectivity index (χ0) is 19.2. The topological polar surface area (TPSA) is 70.7 Å². The van der Waals surface area contributed by atoms with Gasteiger partial charge in [-0.3, -0.25) is 4.79 Å². The number of amides is 3. The molecule has 142 valence electrons. The predicted octanol–water partition coefficient (Wildman–Crippen LogP) is 3.57. The van der Waals surface area contributed by atoms with Crippen molar-refractivity contribution in [1.29, 1.82) is 0 Å². The summed E-state index contributed by atoms with van der Waals surface area (Å²) in [6.07, 6.45) is 0.434. The monoisotopic (exact) mass is 367 g/mol. The van der Waals surface area contributed by atoms with Gasteiger partial charge in [0.1, 0.15) is 5.75 Å². The van der Waals surface area contributed by atoms with E-state index in [1.54, 1.807) is 11.0 Å². The first-order valence-electron chi connectivity index (χ1n) is 9.20. The van der Waals surface area contributed by atoms with Gasteiger partial charge in [0, 0.05) is 31.1 Å². The summed E-state index contributed by atoms with van der Waals surface area (Å²) in [7, 11) is 0. The van der Waals surface area contributed by atoms with Crippen molar-refractivity contribution in [2.45, 2.75) is 20.3 Å². The molecule has 27 heavy (non-hydrogen) atoms. The molecule has 1 atom stereocenters. The first kappa shape index (κ1) is 18.8. The third-order valence-electron chi connectivity index (χ3n) is 4.54. The predicted molar refractivity (Wildman–Crippen MR) is 106 cm³/mol. The summed E-state index contributed by atoms with van der Waals surface area (Å²) in [5.41, 5.74) is 2.69. The lowest BCUT2D eigenvalue weighted by atomic mass is 10.1. The second-order valence-corrected chi connectivity index (χ2v) is 6.67. The van der Waals surface area contributed by atoms with E-state index in [4.69, 9.17) is 4.74 Å². The van der Waals surface area contributed by atoms with Gasteiger partial charge in [0.05, 0.1) is 12.3 Å². The summed E-state index contributed by atoms with van der Waals surface area (Å²) in [4.78, 5) is 26.3. The number of urea groups is 1. The number of benzene rings is 2. The third kappa shape index (κ3) is 4.78. The molecule has 0 saturated carbocycles. The van der Waals surface area contributed by atoms with Crippen LogP contribution in [0.4, 0.5) is 16.2 Å². The fraction of sp³-hybridized carbons (Fsp3) is 0.333. The Hall–Kier alpha value is -3.02. The van der Waals surface area contributed by atoms with Crippen LogP contribution >= 0.6 is 0 Å². The molecule has 2 N–H and O–H groups in total. The van der Waals surface area contributed by atoms with Gasteiger partial charge in [0.25, 0.3) is 0 Å². The Bertz CT molecular complexity index is 805. The first-order valence-corrected chi connectivity index (χ1v) is 9.20. The van der Waals surface area contributed by atoms with E-state index in [0.29, 0.717) is 37.6 Å². The Morgan fingerprint density at radius 1 is 1.19 bits per heavy atom. The Morgan fingerprint density at radius 3 is 2.67 bits per heavy atom. The van der Waals surface area contributed by atoms with E-state index in [9.17, 15) is 9.59 Å². The van der Waals surface area contributed by atoms with Gasteiger partial charge in [-0.05, 0) is 38.1 Å². The van der Waals surface area contributed by atoms with Gasteiger partial charge in [-0.1, -0.05) is 29.8 Å². The van der Waals surface area contributed by atoms with Crippen molar-refractivity contribution in [3.63, 3.8) is 0 Å². The number of aryl methyl sites for hydroxylation is 1. The number of hydrogen-bond donors (Lipinski definition) is 2. The number of nitrogens with one attached hydrogen (secondary N) is 2. The van der Waals surface area contributed by atoms with Crippen LogP contribution in [0.2, 0.25) is 0 Å². The number of carbonyl (C=O) groups is 2. The van der Waals surface area contributed by atoms with Crippen molar-refractivity contribution in [1.82, 2.24) is 5.32 Å². The number of ether oxygens (including phenoxy) is 1. The van der Waals surface area contributed by atoms with Gasteiger partial charge >= 0.3 is 6.03 Å². The summed E-state index contributed by atoms with van der Waals surface area (Å²) >= 11 is 0. The number of nitrogens with zero attached hydrogens (tertiary/aromatic N) is 1. The molecule has 2 aromatic rings. The standard InChI is InChI=1S/C21H25N3O3/c1-3-27-19-7-5-4-6-18(19)23-21(26)22-13-16-12-20(25)24(14-16)17-10-8-15(2)9-11-17/h4-11,16H,3,12-14H2,1-2H3,(H2,22,23,26)/t16-/m1/s1. The molecule has 3 amide bonds. The molecule has 6 nitrogen and oxygen atoms in total. The average Bonchev–Trinajstić information content (AvgIpc) is 3.03. The fourth-order valence-electron chi connectivity index (χ4n) is 3.15. The van der Waals surface area contributed by atoms with Crippen molar-refractivity contribution in [2.24, 2.45) is 5.92 Å². The summed E-state index contributed by atoms with van der Waals surface area (Å²) in [6.45, 7) is 5.49. The van der Waals surface area contributed by atoms with Crippen molar-refractivity contribution in [3.8, 4) is 5.75 Å². The smallest absolute Gasteiger partial charge is 0.319 e. The zero-order valence-electron chi connectivity index (χ0n) is 15.7. The minimum atomic E-state index is -0.302. The molecule has 1 aliphatic heterocycles. The minimum Gasteiger partial charge on any atom is -0.492 e. The van der Waals surface area contributed by atoms with Crippen LogP contribution in [0, 0.1) is 12.8 Å². The maximum Gasteiger partial charge on any atom is 0.319 e. The average molecular weight is 367 g/mol. The molecule has 0 unspecified atom stereocenters. The molecular weight excluding hydrogens is 342 g/mol. The Labute approximate surface area is 159 Å². The van der Waals surface area contributed by atoms with E-state index >= 15 is 0 Å². The van der Waals surface area contributed by atoms with Crippen LogP contribution in [0.1, 0.15) is 18.9 Å². The van der Waals surface area contributed by atoms with Gasteiger partial charge in [-0.15, -0.1) is 0 Å². The second-order valence-electron chi connectivity index (χ2n) is 6.67. The highest BCUT2D eigenvalue weighted by molar-refractivity contribution is 5.96. The highest BCUT2D eigenvalue weighted by Crippen LogP contribution is 2.25. The zero-order valence-corrected chi connectivity index (χ0v) is 15.7. The van der Waals surface area contributed by atoms with Crippen LogP contribution in [0.25, 0.3) is 0 Å². The van der Waals surface area contributed by atoms with Crippen LogP contribution in [0.5, 0.6) is 5.75 Å². The molecule has 6 heteroatoms. The molecule has 0 aromatic heterocycles. The molecule has 0 radical (unpaired) electrons. The van der Waals surface area contributed by atoms with E-state index in [1.165, 1.54) is 0 Å². The van der Waals surface area contributed by atoms with Gasteiger partial charge in [0.15, 0.2) is 0 Å². The molecular formula is C21H25N3O3. The third-order valence-corrected chi connectivity index (χ3v) is 4.54. The quantitative estimate of drug-likeness (QED) is 0.820. The summed E-state index contributed by atoms with van der Waals surface area (Å²) in [5, 5.41) is 5.67. The van der Waals surface area contributed by atoms with Crippen LogP contribution in [0.3, 0.4) is 0 Å². The molecule has 0 bridgehead atoms. The fourth-order valence-corrected chi connectivity index (χ4v) is 3.15. The largest absolute Gasteiger partial charge is 0.492 e. The number of para-hydroxylation sites is 2.